The van der Waals surface area contributed by atoms with Gasteiger partial charge in [0.2, 0.25) is 0 Å². The molecule has 1 aliphatic carbocycles. The number of aliphatic hydroxyl groups excluding tert-OH is 1. The zero-order chi connectivity index (χ0) is 14.3. The molecular formula is C17H35NO. The molecule has 0 heterocycles. The zero-order valence-electron chi connectivity index (χ0n) is 13.6. The summed E-state index contributed by atoms with van der Waals surface area (Å²) >= 11 is 0. The van der Waals surface area contributed by atoms with Gasteiger partial charge in [-0.1, -0.05) is 39.5 Å². The molecule has 2 heteroatoms. The number of hydrogen-bond donors (Lipinski definition) is 1. The summed E-state index contributed by atoms with van der Waals surface area (Å²) in [5, 5.41) is 10.4. The Morgan fingerprint density at radius 2 is 1.84 bits per heavy atom. The second-order valence-corrected chi connectivity index (χ2v) is 6.64. The van der Waals surface area contributed by atoms with Crippen LogP contribution in [-0.4, -0.2) is 34.7 Å². The molecule has 2 nitrogen and oxygen atoms in total. The van der Waals surface area contributed by atoms with Gasteiger partial charge in [0.15, 0.2) is 0 Å². The van der Waals surface area contributed by atoms with Gasteiger partial charge in [0, 0.05) is 12.1 Å². The SMILES string of the molecule is CCCCCN(C(C)C)C1CC(CCC)CCC1O. The fourth-order valence-corrected chi connectivity index (χ4v) is 3.59. The van der Waals surface area contributed by atoms with Crippen molar-refractivity contribution in [3.8, 4) is 0 Å². The van der Waals surface area contributed by atoms with Crippen molar-refractivity contribution in [1.29, 1.82) is 0 Å². The van der Waals surface area contributed by atoms with Gasteiger partial charge in [-0.05, 0) is 52.0 Å². The predicted molar refractivity (Wildman–Crippen MR) is 83.4 cm³/mol. The van der Waals surface area contributed by atoms with Crippen LogP contribution in [-0.2, 0) is 0 Å². The molecule has 0 saturated heterocycles. The molecule has 1 rings (SSSR count). The van der Waals surface area contributed by atoms with E-state index in [1.54, 1.807) is 0 Å². The van der Waals surface area contributed by atoms with Crippen molar-refractivity contribution in [3.05, 3.63) is 0 Å². The monoisotopic (exact) mass is 269 g/mol. The Morgan fingerprint density at radius 1 is 1.11 bits per heavy atom. The fourth-order valence-electron chi connectivity index (χ4n) is 3.59. The van der Waals surface area contributed by atoms with E-state index < -0.39 is 0 Å². The molecule has 0 aromatic rings. The van der Waals surface area contributed by atoms with Crippen molar-refractivity contribution in [2.75, 3.05) is 6.54 Å². The third kappa shape index (κ3) is 5.43. The van der Waals surface area contributed by atoms with Crippen molar-refractivity contribution in [2.45, 2.75) is 97.2 Å². The summed E-state index contributed by atoms with van der Waals surface area (Å²) in [6.07, 6.45) is 9.82. The fraction of sp³-hybridized carbons (Fsp3) is 1.00. The van der Waals surface area contributed by atoms with E-state index in [0.717, 1.165) is 18.9 Å². The normalized spacial score (nSPS) is 28.3. The van der Waals surface area contributed by atoms with Gasteiger partial charge >= 0.3 is 0 Å². The van der Waals surface area contributed by atoms with Crippen LogP contribution in [0, 0.1) is 5.92 Å². The molecule has 0 aliphatic heterocycles. The number of hydrogen-bond acceptors (Lipinski definition) is 2. The van der Waals surface area contributed by atoms with E-state index in [2.05, 4.69) is 32.6 Å². The van der Waals surface area contributed by atoms with Gasteiger partial charge in [-0.15, -0.1) is 0 Å². The van der Waals surface area contributed by atoms with Crippen molar-refractivity contribution in [1.82, 2.24) is 4.90 Å². The average molecular weight is 269 g/mol. The molecule has 1 saturated carbocycles. The first kappa shape index (κ1) is 17.0. The third-order valence-electron chi connectivity index (χ3n) is 4.70. The molecule has 19 heavy (non-hydrogen) atoms. The quantitative estimate of drug-likeness (QED) is 0.667. The molecular weight excluding hydrogens is 234 g/mol. The first-order valence-corrected chi connectivity index (χ1v) is 8.53. The molecule has 0 aromatic heterocycles. The molecule has 0 spiro atoms. The molecule has 3 atom stereocenters. The van der Waals surface area contributed by atoms with E-state index in [1.807, 2.05) is 0 Å². The highest BCUT2D eigenvalue weighted by atomic mass is 16.3. The van der Waals surface area contributed by atoms with Crippen LogP contribution in [0.25, 0.3) is 0 Å². The van der Waals surface area contributed by atoms with Gasteiger partial charge in [0.25, 0.3) is 0 Å². The Bertz CT molecular complexity index is 229. The molecule has 1 aliphatic rings. The maximum atomic E-state index is 10.4. The predicted octanol–water partition coefficient (Wildman–Crippen LogP) is 4.22. The smallest absolute Gasteiger partial charge is 0.0695 e. The summed E-state index contributed by atoms with van der Waals surface area (Å²) in [5.41, 5.74) is 0. The van der Waals surface area contributed by atoms with E-state index in [9.17, 15) is 5.11 Å². The standard InChI is InChI=1S/C17H35NO/c1-5-7-8-12-18(14(3)4)16-13-15(9-6-2)10-11-17(16)19/h14-17,19H,5-13H2,1-4H3. The molecule has 1 N–H and O–H groups in total. The average Bonchev–Trinajstić information content (AvgIpc) is 2.37. The number of unbranched alkanes of at least 4 members (excludes halogenated alkanes) is 2. The summed E-state index contributed by atoms with van der Waals surface area (Å²) in [7, 11) is 0. The van der Waals surface area contributed by atoms with Gasteiger partial charge < -0.3 is 5.11 Å². The maximum absolute atomic E-state index is 10.4. The molecule has 0 radical (unpaired) electrons. The third-order valence-corrected chi connectivity index (χ3v) is 4.70. The van der Waals surface area contributed by atoms with Crippen LogP contribution in [0.1, 0.15) is 79.1 Å². The molecule has 0 aromatic carbocycles. The Hall–Kier alpha value is -0.0800. The van der Waals surface area contributed by atoms with Crippen LogP contribution in [0.15, 0.2) is 0 Å². The summed E-state index contributed by atoms with van der Waals surface area (Å²) in [5.74, 6) is 0.839. The lowest BCUT2D eigenvalue weighted by atomic mass is 9.80. The van der Waals surface area contributed by atoms with E-state index in [-0.39, 0.29) is 6.10 Å². The largest absolute Gasteiger partial charge is 0.391 e. The first-order valence-electron chi connectivity index (χ1n) is 8.53. The van der Waals surface area contributed by atoms with E-state index in [0.29, 0.717) is 12.1 Å². The van der Waals surface area contributed by atoms with Gasteiger partial charge in [0.1, 0.15) is 0 Å². The zero-order valence-corrected chi connectivity index (χ0v) is 13.6. The maximum Gasteiger partial charge on any atom is 0.0695 e. The minimum atomic E-state index is -0.0999. The van der Waals surface area contributed by atoms with Crippen molar-refractivity contribution in [3.63, 3.8) is 0 Å². The Morgan fingerprint density at radius 3 is 2.42 bits per heavy atom. The van der Waals surface area contributed by atoms with E-state index >= 15 is 0 Å². The van der Waals surface area contributed by atoms with Gasteiger partial charge in [-0.25, -0.2) is 0 Å². The van der Waals surface area contributed by atoms with Crippen LogP contribution in [0.3, 0.4) is 0 Å². The Balaban J connectivity index is 2.58. The minimum absolute atomic E-state index is 0.0999. The van der Waals surface area contributed by atoms with Crippen LogP contribution >= 0.6 is 0 Å². The highest BCUT2D eigenvalue weighted by molar-refractivity contribution is 4.88. The molecule has 0 bridgehead atoms. The molecule has 0 amide bonds. The lowest BCUT2D eigenvalue weighted by Crippen LogP contribution is -2.50. The topological polar surface area (TPSA) is 23.5 Å². The number of nitrogens with zero attached hydrogens (tertiary/aromatic N) is 1. The molecule has 114 valence electrons. The number of rotatable bonds is 8. The lowest BCUT2D eigenvalue weighted by Gasteiger charge is -2.43. The lowest BCUT2D eigenvalue weighted by molar-refractivity contribution is -0.0125. The Labute approximate surface area is 120 Å². The highest BCUT2D eigenvalue weighted by Crippen LogP contribution is 2.32. The van der Waals surface area contributed by atoms with Crippen LogP contribution in [0.2, 0.25) is 0 Å². The number of aliphatic hydroxyl groups is 1. The Kier molecular flexibility index (Phi) is 8.01. The highest BCUT2D eigenvalue weighted by Gasteiger charge is 2.33. The van der Waals surface area contributed by atoms with Gasteiger partial charge in [0.05, 0.1) is 6.10 Å². The van der Waals surface area contributed by atoms with E-state index in [4.69, 9.17) is 0 Å². The second kappa shape index (κ2) is 8.97. The summed E-state index contributed by atoms with van der Waals surface area (Å²) < 4.78 is 0. The second-order valence-electron chi connectivity index (χ2n) is 6.64. The first-order chi connectivity index (χ1) is 9.10. The van der Waals surface area contributed by atoms with Crippen molar-refractivity contribution < 1.29 is 5.11 Å². The van der Waals surface area contributed by atoms with Gasteiger partial charge in [-0.3, -0.25) is 4.90 Å². The van der Waals surface area contributed by atoms with E-state index in [1.165, 1.54) is 44.9 Å². The molecule has 1 fully saturated rings. The summed E-state index contributed by atoms with van der Waals surface area (Å²) in [4.78, 5) is 2.57. The van der Waals surface area contributed by atoms with Crippen LogP contribution in [0.4, 0.5) is 0 Å². The van der Waals surface area contributed by atoms with Gasteiger partial charge in [-0.2, -0.15) is 0 Å². The van der Waals surface area contributed by atoms with Crippen molar-refractivity contribution >= 4 is 0 Å². The van der Waals surface area contributed by atoms with Crippen molar-refractivity contribution in [2.24, 2.45) is 5.92 Å². The summed E-state index contributed by atoms with van der Waals surface area (Å²) in [6, 6.07) is 0.957. The minimum Gasteiger partial charge on any atom is -0.391 e. The van der Waals surface area contributed by atoms with Crippen LogP contribution < -0.4 is 0 Å². The van der Waals surface area contributed by atoms with Crippen LogP contribution in [0.5, 0.6) is 0 Å². The molecule has 3 unspecified atom stereocenters. The summed E-state index contributed by atoms with van der Waals surface area (Å²) in [6.45, 7) is 10.3.